The van der Waals surface area contributed by atoms with Gasteiger partial charge in [0.2, 0.25) is 0 Å². The van der Waals surface area contributed by atoms with Crippen LogP contribution in [0.4, 0.5) is 4.39 Å². The maximum absolute atomic E-state index is 13.2. The van der Waals surface area contributed by atoms with Gasteiger partial charge >= 0.3 is 0 Å². The van der Waals surface area contributed by atoms with E-state index in [1.54, 1.807) is 0 Å². The van der Waals surface area contributed by atoms with Crippen molar-refractivity contribution in [2.45, 2.75) is 47.8 Å². The summed E-state index contributed by atoms with van der Waals surface area (Å²) < 4.78 is 45.8. The van der Waals surface area contributed by atoms with Crippen LogP contribution < -0.4 is 0 Å². The summed E-state index contributed by atoms with van der Waals surface area (Å²) in [5, 5.41) is 0. The third-order valence-electron chi connectivity index (χ3n) is 7.57. The molecule has 2 fully saturated rings. The van der Waals surface area contributed by atoms with Crippen molar-refractivity contribution in [1.29, 1.82) is 0 Å². The van der Waals surface area contributed by atoms with Gasteiger partial charge in [-0.25, -0.2) is 12.8 Å². The van der Waals surface area contributed by atoms with E-state index in [4.69, 9.17) is 0 Å². The first-order valence-corrected chi connectivity index (χ1v) is 14.4. The largest absolute Gasteiger partial charge is 0.748 e. The summed E-state index contributed by atoms with van der Waals surface area (Å²) >= 11 is 0. The highest BCUT2D eigenvalue weighted by molar-refractivity contribution is 7.97. The fraction of sp³-hybridized carbons (Fsp3) is 0.321. The fourth-order valence-electron chi connectivity index (χ4n) is 5.50. The van der Waals surface area contributed by atoms with Gasteiger partial charge in [-0.05, 0) is 72.7 Å². The molecule has 0 spiro atoms. The SMILES string of the molecule is CC1(C)C2CCC1(CS(=O)(=O)[O-])C(=O)C2.Fc1ccc([S+](c2ccccc2)c2ccccc2)cc1. The number of carbonyl (C=O) groups excluding carboxylic acids is 1. The second-order valence-electron chi connectivity index (χ2n) is 9.75. The van der Waals surface area contributed by atoms with Gasteiger partial charge in [0.1, 0.15) is 11.6 Å². The summed E-state index contributed by atoms with van der Waals surface area (Å²) in [7, 11) is -4.52. The van der Waals surface area contributed by atoms with Crippen LogP contribution in [0.25, 0.3) is 0 Å². The van der Waals surface area contributed by atoms with Crippen molar-refractivity contribution in [3.8, 4) is 0 Å². The van der Waals surface area contributed by atoms with Crippen LogP contribution in [-0.4, -0.2) is 24.5 Å². The van der Waals surface area contributed by atoms with Crippen molar-refractivity contribution in [2.75, 3.05) is 5.75 Å². The Morgan fingerprint density at radius 3 is 1.77 bits per heavy atom. The van der Waals surface area contributed by atoms with Gasteiger partial charge in [0.05, 0.1) is 26.8 Å². The number of hydrogen-bond donors (Lipinski definition) is 0. The normalized spacial score (nSPS) is 22.7. The summed E-state index contributed by atoms with van der Waals surface area (Å²) in [4.78, 5) is 15.5. The molecule has 0 radical (unpaired) electrons. The molecule has 0 aromatic heterocycles. The van der Waals surface area contributed by atoms with E-state index in [-0.39, 0.29) is 33.8 Å². The van der Waals surface area contributed by atoms with E-state index >= 15 is 0 Å². The van der Waals surface area contributed by atoms with Gasteiger partial charge in [-0.3, -0.25) is 4.79 Å². The molecule has 2 atom stereocenters. The third kappa shape index (κ3) is 5.22. The van der Waals surface area contributed by atoms with Crippen molar-refractivity contribution in [3.05, 3.63) is 90.7 Å². The molecule has 184 valence electrons. The minimum Gasteiger partial charge on any atom is -0.748 e. The first kappa shape index (κ1) is 25.6. The van der Waals surface area contributed by atoms with Crippen molar-refractivity contribution in [3.63, 3.8) is 0 Å². The zero-order chi connectivity index (χ0) is 25.3. The predicted octanol–water partition coefficient (Wildman–Crippen LogP) is 5.85. The molecule has 2 aliphatic rings. The van der Waals surface area contributed by atoms with Crippen molar-refractivity contribution in [2.24, 2.45) is 16.7 Å². The Morgan fingerprint density at radius 2 is 1.37 bits per heavy atom. The Balaban J connectivity index is 0.000000172. The average Bonchev–Trinajstić information content (AvgIpc) is 3.16. The molecule has 2 unspecified atom stereocenters. The van der Waals surface area contributed by atoms with E-state index < -0.39 is 21.3 Å². The average molecular weight is 513 g/mol. The number of fused-ring (bicyclic) bond motifs is 2. The van der Waals surface area contributed by atoms with Gasteiger partial charge in [-0.1, -0.05) is 50.2 Å². The molecule has 7 heteroatoms. The summed E-state index contributed by atoms with van der Waals surface area (Å²) in [6.45, 7) is 3.83. The summed E-state index contributed by atoms with van der Waals surface area (Å²) in [6.07, 6.45) is 1.88. The number of Topliss-reactive ketones (excluding diaryl/α,β-unsaturated/α-hetero) is 1. The first-order chi connectivity index (χ1) is 16.5. The molecule has 0 amide bonds. The highest BCUT2D eigenvalue weighted by Crippen LogP contribution is 2.64. The van der Waals surface area contributed by atoms with E-state index in [2.05, 4.69) is 24.3 Å². The molecule has 2 saturated carbocycles. The monoisotopic (exact) mass is 512 g/mol. The van der Waals surface area contributed by atoms with Crippen LogP contribution in [0.2, 0.25) is 0 Å². The van der Waals surface area contributed by atoms with E-state index in [9.17, 15) is 22.2 Å². The lowest BCUT2D eigenvalue weighted by molar-refractivity contribution is -0.128. The Labute approximate surface area is 209 Å². The molecule has 0 heterocycles. The highest BCUT2D eigenvalue weighted by atomic mass is 32.2. The van der Waals surface area contributed by atoms with Gasteiger partial charge in [-0.2, -0.15) is 0 Å². The first-order valence-electron chi connectivity index (χ1n) is 11.6. The maximum Gasteiger partial charge on any atom is 0.166 e. The molecule has 0 saturated heterocycles. The Bertz CT molecular complexity index is 1240. The number of halogens is 1. The summed E-state index contributed by atoms with van der Waals surface area (Å²) in [5.74, 6) is -0.476. The Hall–Kier alpha value is -2.48. The molecule has 3 aromatic rings. The molecule has 5 rings (SSSR count). The second kappa shape index (κ2) is 9.88. The van der Waals surface area contributed by atoms with Gasteiger partial charge in [0.25, 0.3) is 0 Å². The standard InChI is InChI=1S/C18H14FS.C10H16O4S/c19-15-11-13-18(14-12-15)20(16-7-3-1-4-8-16)17-9-5-2-6-10-17;1-9(2)7-3-4-10(9,8(11)5-7)6-15(12,13)14/h1-14H;7H,3-6H2,1-2H3,(H,12,13,14)/q+1;/p-1. The van der Waals surface area contributed by atoms with Crippen LogP contribution in [0.5, 0.6) is 0 Å². The number of benzene rings is 3. The van der Waals surface area contributed by atoms with Crippen molar-refractivity contribution < 1.29 is 22.2 Å². The van der Waals surface area contributed by atoms with Crippen LogP contribution in [0.3, 0.4) is 0 Å². The zero-order valence-corrected chi connectivity index (χ0v) is 21.4. The molecule has 4 nitrogen and oxygen atoms in total. The van der Waals surface area contributed by atoms with E-state index in [1.165, 1.54) is 21.9 Å². The maximum atomic E-state index is 13.2. The fourth-order valence-corrected chi connectivity index (χ4v) is 8.87. The lowest BCUT2D eigenvalue weighted by Gasteiger charge is -2.37. The van der Waals surface area contributed by atoms with Crippen LogP contribution in [0.1, 0.15) is 33.1 Å². The molecule has 35 heavy (non-hydrogen) atoms. The van der Waals surface area contributed by atoms with Gasteiger partial charge in [0, 0.05) is 11.8 Å². The summed E-state index contributed by atoms with van der Waals surface area (Å²) in [5.41, 5.74) is -1.22. The topological polar surface area (TPSA) is 74.3 Å². The van der Waals surface area contributed by atoms with E-state index in [0.717, 1.165) is 11.3 Å². The molecule has 0 aliphatic heterocycles. The molecule has 0 N–H and O–H groups in total. The van der Waals surface area contributed by atoms with Crippen LogP contribution in [0.15, 0.2) is 99.6 Å². The summed E-state index contributed by atoms with van der Waals surface area (Å²) in [6, 6.07) is 27.5. The minimum atomic E-state index is -4.33. The molecule has 3 aromatic carbocycles. The highest BCUT2D eigenvalue weighted by Gasteiger charge is 2.64. The van der Waals surface area contributed by atoms with E-state index in [0.29, 0.717) is 12.8 Å². The van der Waals surface area contributed by atoms with Gasteiger partial charge in [-0.15, -0.1) is 0 Å². The number of carbonyl (C=O) groups is 1. The van der Waals surface area contributed by atoms with Gasteiger partial charge in [0.15, 0.2) is 14.7 Å². The van der Waals surface area contributed by atoms with Crippen molar-refractivity contribution in [1.82, 2.24) is 0 Å². The van der Waals surface area contributed by atoms with Crippen LogP contribution in [-0.2, 0) is 25.8 Å². The lowest BCUT2D eigenvalue weighted by Crippen LogP contribution is -2.42. The Morgan fingerprint density at radius 1 is 0.886 bits per heavy atom. The van der Waals surface area contributed by atoms with Crippen LogP contribution >= 0.6 is 0 Å². The molecule has 2 bridgehead atoms. The number of rotatable bonds is 5. The van der Waals surface area contributed by atoms with Crippen LogP contribution in [0, 0.1) is 22.6 Å². The smallest absolute Gasteiger partial charge is 0.166 e. The molecular formula is C28H29FO4S2. The van der Waals surface area contributed by atoms with E-state index in [1.807, 2.05) is 62.4 Å². The third-order valence-corrected chi connectivity index (χ3v) is 10.6. The second-order valence-corrected chi connectivity index (χ2v) is 13.2. The molecule has 2 aliphatic carbocycles. The lowest BCUT2D eigenvalue weighted by atomic mass is 9.70. The number of hydrogen-bond acceptors (Lipinski definition) is 4. The Kier molecular flexibility index (Phi) is 7.23. The molecular weight excluding hydrogens is 483 g/mol. The quantitative estimate of drug-likeness (QED) is 0.318. The minimum absolute atomic E-state index is 0.0248. The number of ketones is 1. The van der Waals surface area contributed by atoms with Crippen molar-refractivity contribution >= 4 is 26.8 Å². The zero-order valence-electron chi connectivity index (χ0n) is 19.8. The predicted molar refractivity (Wildman–Crippen MR) is 135 cm³/mol. The van der Waals surface area contributed by atoms with Gasteiger partial charge < -0.3 is 4.55 Å².